The maximum atomic E-state index is 11.0. The highest BCUT2D eigenvalue weighted by atomic mass is 16.5. The van der Waals surface area contributed by atoms with Crippen LogP contribution in [0.5, 0.6) is 5.88 Å². The molecule has 0 radical (unpaired) electrons. The van der Waals surface area contributed by atoms with Crippen molar-refractivity contribution >= 4 is 5.97 Å². The minimum Gasteiger partial charge on any atom is -0.493 e. The van der Waals surface area contributed by atoms with E-state index in [0.29, 0.717) is 5.56 Å². The molecule has 1 atom stereocenters. The van der Waals surface area contributed by atoms with Crippen molar-refractivity contribution in [3.63, 3.8) is 0 Å². The van der Waals surface area contributed by atoms with Gasteiger partial charge in [0.2, 0.25) is 5.88 Å². The third-order valence-electron chi connectivity index (χ3n) is 1.81. The van der Waals surface area contributed by atoms with Crippen molar-refractivity contribution in [2.24, 2.45) is 5.73 Å². The second-order valence-electron chi connectivity index (χ2n) is 2.82. The molecule has 0 aliphatic carbocycles. The van der Waals surface area contributed by atoms with E-state index in [1.165, 1.54) is 13.3 Å². The van der Waals surface area contributed by atoms with Crippen molar-refractivity contribution < 1.29 is 14.6 Å². The van der Waals surface area contributed by atoms with Crippen LogP contribution in [0.2, 0.25) is 0 Å². The highest BCUT2D eigenvalue weighted by Crippen LogP contribution is 2.13. The van der Waals surface area contributed by atoms with Crippen molar-refractivity contribution in [3.8, 4) is 5.88 Å². The molecule has 0 saturated carbocycles. The van der Waals surface area contributed by atoms with Gasteiger partial charge in [0.25, 0.3) is 0 Å². The largest absolute Gasteiger partial charge is 0.493 e. The number of rotatable bonds is 3. The summed E-state index contributed by atoms with van der Waals surface area (Å²) in [5.74, 6) is -0.611. The van der Waals surface area contributed by atoms with Crippen LogP contribution < -0.4 is 5.73 Å². The first-order valence-electron chi connectivity index (χ1n) is 4.11. The highest BCUT2D eigenvalue weighted by molar-refractivity contribution is 5.75. The highest BCUT2D eigenvalue weighted by Gasteiger charge is 2.16. The second kappa shape index (κ2) is 4.57. The Morgan fingerprint density at radius 1 is 1.79 bits per heavy atom. The van der Waals surface area contributed by atoms with Gasteiger partial charge in [0.15, 0.2) is 0 Å². The lowest BCUT2D eigenvalue weighted by Crippen LogP contribution is -2.33. The molecule has 0 amide bonds. The second-order valence-corrected chi connectivity index (χ2v) is 2.82. The molecule has 0 aliphatic heterocycles. The monoisotopic (exact) mass is 196 g/mol. The topological polar surface area (TPSA) is 85.4 Å². The maximum Gasteiger partial charge on any atom is 0.322 e. The predicted molar refractivity (Wildman–Crippen MR) is 49.6 cm³/mol. The number of carbonyl (C=O) groups is 1. The Balaban J connectivity index is 2.69. The van der Waals surface area contributed by atoms with E-state index in [2.05, 4.69) is 9.72 Å². The molecule has 1 aromatic heterocycles. The summed E-state index contributed by atoms with van der Waals surface area (Å²) >= 11 is 0. The van der Waals surface area contributed by atoms with E-state index >= 15 is 0 Å². The van der Waals surface area contributed by atoms with Crippen LogP contribution in [0.15, 0.2) is 18.3 Å². The number of ether oxygens (including phenoxy) is 1. The average Bonchev–Trinajstić information content (AvgIpc) is 2.20. The molecule has 14 heavy (non-hydrogen) atoms. The summed E-state index contributed by atoms with van der Waals surface area (Å²) in [6, 6.07) is 2.56. The van der Waals surface area contributed by atoms with Crippen molar-refractivity contribution in [2.45, 2.75) is 12.5 Å². The van der Waals surface area contributed by atoms with Gasteiger partial charge in [-0.05, 0) is 6.07 Å². The van der Waals surface area contributed by atoms with Crippen LogP contribution in [0.25, 0.3) is 0 Å². The first-order valence-corrected chi connectivity index (χ1v) is 4.11. The lowest BCUT2D eigenvalue weighted by Gasteiger charge is -2.09. The molecule has 0 saturated heterocycles. The lowest BCUT2D eigenvalue weighted by molar-refractivity contribution is -0.142. The van der Waals surface area contributed by atoms with Gasteiger partial charge in [-0.2, -0.15) is 0 Å². The van der Waals surface area contributed by atoms with Crippen LogP contribution in [0, 0.1) is 0 Å². The Bertz CT molecular complexity index is 328. The van der Waals surface area contributed by atoms with E-state index in [1.807, 2.05) is 0 Å². The Kier molecular flexibility index (Phi) is 3.41. The third-order valence-corrected chi connectivity index (χ3v) is 1.81. The van der Waals surface area contributed by atoms with Gasteiger partial charge < -0.3 is 15.6 Å². The minimum atomic E-state index is -0.768. The number of hydrogen-bond acceptors (Lipinski definition) is 5. The Labute approximate surface area is 81.5 Å². The molecule has 1 heterocycles. The van der Waals surface area contributed by atoms with Crippen molar-refractivity contribution in [3.05, 3.63) is 23.9 Å². The molecule has 5 heteroatoms. The molecular weight excluding hydrogens is 184 g/mol. The number of pyridine rings is 1. The van der Waals surface area contributed by atoms with Crippen molar-refractivity contribution in [1.82, 2.24) is 4.98 Å². The molecular formula is C9H12N2O3. The smallest absolute Gasteiger partial charge is 0.322 e. The quantitative estimate of drug-likeness (QED) is 0.655. The van der Waals surface area contributed by atoms with Gasteiger partial charge in [0.1, 0.15) is 6.04 Å². The SMILES string of the molecule is COC(=O)[C@@H](N)Cc1cccnc1O. The van der Waals surface area contributed by atoms with E-state index < -0.39 is 12.0 Å². The fourth-order valence-electron chi connectivity index (χ4n) is 1.06. The summed E-state index contributed by atoms with van der Waals surface area (Å²) < 4.78 is 4.46. The first-order chi connectivity index (χ1) is 6.65. The summed E-state index contributed by atoms with van der Waals surface area (Å²) in [7, 11) is 1.27. The van der Waals surface area contributed by atoms with Gasteiger partial charge in [0, 0.05) is 18.2 Å². The molecule has 0 unspecified atom stereocenters. The Hall–Kier alpha value is -1.62. The van der Waals surface area contributed by atoms with E-state index in [-0.39, 0.29) is 12.3 Å². The molecule has 5 nitrogen and oxygen atoms in total. The zero-order valence-corrected chi connectivity index (χ0v) is 7.80. The van der Waals surface area contributed by atoms with Crippen molar-refractivity contribution in [2.75, 3.05) is 7.11 Å². The van der Waals surface area contributed by atoms with E-state index in [1.54, 1.807) is 12.1 Å². The van der Waals surface area contributed by atoms with E-state index in [0.717, 1.165) is 0 Å². The number of esters is 1. The molecule has 0 bridgehead atoms. The number of methoxy groups -OCH3 is 1. The summed E-state index contributed by atoms with van der Waals surface area (Å²) in [5, 5.41) is 9.30. The summed E-state index contributed by atoms with van der Waals surface area (Å²) in [5.41, 5.74) is 6.05. The predicted octanol–water partition coefficient (Wildman–Crippen LogP) is -0.170. The first kappa shape index (κ1) is 10.5. The van der Waals surface area contributed by atoms with Crippen LogP contribution in [0.3, 0.4) is 0 Å². The molecule has 0 spiro atoms. The third kappa shape index (κ3) is 2.43. The molecule has 0 fully saturated rings. The number of aromatic nitrogens is 1. The minimum absolute atomic E-state index is 0.105. The molecule has 1 aromatic rings. The summed E-state index contributed by atoms with van der Waals surface area (Å²) in [6.45, 7) is 0. The van der Waals surface area contributed by atoms with Crippen molar-refractivity contribution in [1.29, 1.82) is 0 Å². The van der Waals surface area contributed by atoms with Crippen LogP contribution in [-0.4, -0.2) is 29.2 Å². The number of nitrogens with two attached hydrogens (primary N) is 1. The molecule has 3 N–H and O–H groups in total. The van der Waals surface area contributed by atoms with Crippen LogP contribution >= 0.6 is 0 Å². The van der Waals surface area contributed by atoms with Gasteiger partial charge in [-0.25, -0.2) is 4.98 Å². The number of aromatic hydroxyl groups is 1. The number of carbonyl (C=O) groups excluding carboxylic acids is 1. The number of nitrogens with zero attached hydrogens (tertiary/aromatic N) is 1. The van der Waals surface area contributed by atoms with E-state index in [4.69, 9.17) is 5.73 Å². The van der Waals surface area contributed by atoms with E-state index in [9.17, 15) is 9.90 Å². The molecule has 0 aromatic carbocycles. The fraction of sp³-hybridized carbons (Fsp3) is 0.333. The zero-order valence-electron chi connectivity index (χ0n) is 7.80. The van der Waals surface area contributed by atoms with Gasteiger partial charge in [-0.15, -0.1) is 0 Å². The Morgan fingerprint density at radius 2 is 2.50 bits per heavy atom. The standard InChI is InChI=1S/C9H12N2O3/c1-14-9(13)7(10)5-6-3-2-4-11-8(6)12/h2-4,7H,5,10H2,1H3,(H,11,12)/t7-/m0/s1. The Morgan fingerprint density at radius 3 is 3.07 bits per heavy atom. The molecule has 1 rings (SSSR count). The summed E-state index contributed by atoms with van der Waals surface area (Å²) in [6.07, 6.45) is 1.68. The van der Waals surface area contributed by atoms with Gasteiger partial charge in [-0.3, -0.25) is 4.79 Å². The normalized spacial score (nSPS) is 12.1. The van der Waals surface area contributed by atoms with Crippen LogP contribution in [-0.2, 0) is 16.0 Å². The summed E-state index contributed by atoms with van der Waals surface area (Å²) in [4.78, 5) is 14.6. The van der Waals surface area contributed by atoms with Gasteiger partial charge >= 0.3 is 5.97 Å². The van der Waals surface area contributed by atoms with Gasteiger partial charge in [0.05, 0.1) is 7.11 Å². The molecule has 76 valence electrons. The maximum absolute atomic E-state index is 11.0. The molecule has 0 aliphatic rings. The number of hydrogen-bond donors (Lipinski definition) is 2. The van der Waals surface area contributed by atoms with Crippen LogP contribution in [0.4, 0.5) is 0 Å². The van der Waals surface area contributed by atoms with Gasteiger partial charge in [-0.1, -0.05) is 6.07 Å². The zero-order chi connectivity index (χ0) is 10.6. The average molecular weight is 196 g/mol. The lowest BCUT2D eigenvalue weighted by atomic mass is 10.1. The van der Waals surface area contributed by atoms with Crippen LogP contribution in [0.1, 0.15) is 5.56 Å². The fourth-order valence-corrected chi connectivity index (χ4v) is 1.06.